The van der Waals surface area contributed by atoms with E-state index in [1.54, 1.807) is 0 Å². The average molecular weight is 386 g/mol. The number of alkyl halides is 6. The van der Waals surface area contributed by atoms with E-state index in [1.807, 2.05) is 0 Å². The van der Waals surface area contributed by atoms with Gasteiger partial charge in [-0.25, -0.2) is 0 Å². The van der Waals surface area contributed by atoms with Gasteiger partial charge in [-0.2, -0.15) is 26.3 Å². The first kappa shape index (κ1) is 14.9. The maximum Gasteiger partial charge on any atom is 0.417 e. The monoisotopic (exact) mass is 386 g/mol. The molecule has 0 aromatic heterocycles. The molecule has 0 heterocycles. The van der Waals surface area contributed by atoms with Crippen LogP contribution in [0.1, 0.15) is 11.1 Å². The Hall–Kier alpha value is -0.120. The van der Waals surface area contributed by atoms with Gasteiger partial charge in [0.2, 0.25) is 0 Å². The molecule has 0 radical (unpaired) electrons. The average Bonchev–Trinajstić information content (AvgIpc) is 2.14. The van der Waals surface area contributed by atoms with E-state index in [0.29, 0.717) is 0 Å². The molecule has 0 spiro atoms. The number of hydrogen-bond acceptors (Lipinski definition) is 1. The molecule has 1 aromatic carbocycles. The highest BCUT2D eigenvalue weighted by atomic mass is 127. The van der Waals surface area contributed by atoms with Crippen molar-refractivity contribution in [2.45, 2.75) is 17.2 Å². The van der Waals surface area contributed by atoms with E-state index in [2.05, 4.69) is 0 Å². The van der Waals surface area contributed by atoms with Crippen LogP contribution in [0.25, 0.3) is 0 Å². The van der Waals surface area contributed by atoms with Crippen LogP contribution in [0, 0.1) is 3.57 Å². The Labute approximate surface area is 111 Å². The minimum Gasteiger partial charge on any atom is -0.166 e. The highest BCUT2D eigenvalue weighted by Crippen LogP contribution is 2.42. The molecule has 8 heteroatoms. The van der Waals surface area contributed by atoms with E-state index in [1.165, 1.54) is 6.26 Å². The molecule has 1 rings (SSSR count). The van der Waals surface area contributed by atoms with Gasteiger partial charge in [0, 0.05) is 8.47 Å². The molecule has 96 valence electrons. The summed E-state index contributed by atoms with van der Waals surface area (Å²) in [6, 6.07) is 1.45. The van der Waals surface area contributed by atoms with Crippen LogP contribution in [0.2, 0.25) is 0 Å². The van der Waals surface area contributed by atoms with Gasteiger partial charge in [0.1, 0.15) is 0 Å². The van der Waals surface area contributed by atoms with Crippen molar-refractivity contribution in [1.82, 2.24) is 0 Å². The van der Waals surface area contributed by atoms with Crippen molar-refractivity contribution < 1.29 is 26.3 Å². The van der Waals surface area contributed by atoms with Crippen LogP contribution >= 0.6 is 34.4 Å². The van der Waals surface area contributed by atoms with Crippen molar-refractivity contribution in [2.75, 3.05) is 6.26 Å². The van der Waals surface area contributed by atoms with E-state index in [-0.39, 0.29) is 4.90 Å². The van der Waals surface area contributed by atoms with Crippen LogP contribution in [-0.4, -0.2) is 6.26 Å². The summed E-state index contributed by atoms with van der Waals surface area (Å²) in [5.74, 6) is 0. The van der Waals surface area contributed by atoms with Gasteiger partial charge in [-0.15, -0.1) is 11.8 Å². The molecule has 0 nitrogen and oxygen atoms in total. The molecule has 0 aliphatic carbocycles. The molecule has 0 atom stereocenters. The first-order valence-corrected chi connectivity index (χ1v) is 6.39. The molecule has 1 aromatic rings. The number of benzene rings is 1. The summed E-state index contributed by atoms with van der Waals surface area (Å²) < 4.78 is 74.5. The second-order valence-electron chi connectivity index (χ2n) is 3.03. The molecule has 0 fully saturated rings. The van der Waals surface area contributed by atoms with Crippen LogP contribution in [-0.2, 0) is 12.4 Å². The Balaban J connectivity index is 3.53. The van der Waals surface area contributed by atoms with Crippen LogP contribution in [0.5, 0.6) is 0 Å². The third-order valence-electron chi connectivity index (χ3n) is 1.89. The molecular formula is C9H5F6IS. The lowest BCUT2D eigenvalue weighted by molar-refractivity contribution is -0.144. The summed E-state index contributed by atoms with van der Waals surface area (Å²) in [5.41, 5.74) is -2.51. The largest absolute Gasteiger partial charge is 0.417 e. The highest BCUT2D eigenvalue weighted by Gasteiger charge is 2.40. The van der Waals surface area contributed by atoms with Crippen molar-refractivity contribution in [2.24, 2.45) is 0 Å². The molecule has 17 heavy (non-hydrogen) atoms. The summed E-state index contributed by atoms with van der Waals surface area (Å²) in [5, 5.41) is 0. The van der Waals surface area contributed by atoms with Crippen LogP contribution < -0.4 is 0 Å². The SMILES string of the molecule is CSc1cc(C(F)(F)F)c(I)c(C(F)(F)F)c1. The molecule has 0 amide bonds. The van der Waals surface area contributed by atoms with Crippen molar-refractivity contribution >= 4 is 34.4 Å². The lowest BCUT2D eigenvalue weighted by atomic mass is 10.1. The fourth-order valence-electron chi connectivity index (χ4n) is 1.13. The first-order chi connectivity index (χ1) is 7.57. The quantitative estimate of drug-likeness (QED) is 0.370. The number of thioether (sulfide) groups is 1. The Morgan fingerprint density at radius 1 is 0.941 bits per heavy atom. The van der Waals surface area contributed by atoms with Crippen molar-refractivity contribution in [1.29, 1.82) is 0 Å². The van der Waals surface area contributed by atoms with Crippen LogP contribution in [0.15, 0.2) is 17.0 Å². The van der Waals surface area contributed by atoms with E-state index < -0.39 is 27.0 Å². The predicted octanol–water partition coefficient (Wildman–Crippen LogP) is 5.05. The fraction of sp³-hybridized carbons (Fsp3) is 0.333. The molecular weight excluding hydrogens is 381 g/mol. The Morgan fingerprint density at radius 2 is 1.29 bits per heavy atom. The predicted molar refractivity (Wildman–Crippen MR) is 60.9 cm³/mol. The van der Waals surface area contributed by atoms with Gasteiger partial charge < -0.3 is 0 Å². The second kappa shape index (κ2) is 4.87. The van der Waals surface area contributed by atoms with Gasteiger partial charge in [0.05, 0.1) is 11.1 Å². The van der Waals surface area contributed by atoms with Crippen molar-refractivity contribution in [3.8, 4) is 0 Å². The summed E-state index contributed by atoms with van der Waals surface area (Å²) in [4.78, 5) is -0.0648. The van der Waals surface area contributed by atoms with Crippen molar-refractivity contribution in [3.63, 3.8) is 0 Å². The van der Waals surface area contributed by atoms with E-state index in [4.69, 9.17) is 0 Å². The fourth-order valence-corrected chi connectivity index (χ4v) is 2.52. The minimum absolute atomic E-state index is 0.0648. The zero-order valence-electron chi connectivity index (χ0n) is 8.21. The molecule has 0 aliphatic rings. The highest BCUT2D eigenvalue weighted by molar-refractivity contribution is 14.1. The maximum absolute atomic E-state index is 12.6. The van der Waals surface area contributed by atoms with Gasteiger partial charge in [-0.3, -0.25) is 0 Å². The summed E-state index contributed by atoms with van der Waals surface area (Å²) >= 11 is 1.91. The third-order valence-corrected chi connectivity index (χ3v) is 3.76. The lowest BCUT2D eigenvalue weighted by Gasteiger charge is -2.16. The van der Waals surface area contributed by atoms with E-state index in [9.17, 15) is 26.3 Å². The van der Waals surface area contributed by atoms with Gasteiger partial charge in [-0.05, 0) is 41.0 Å². The van der Waals surface area contributed by atoms with Gasteiger partial charge >= 0.3 is 12.4 Å². The topological polar surface area (TPSA) is 0 Å². The third kappa shape index (κ3) is 3.43. The summed E-state index contributed by atoms with van der Waals surface area (Å²) in [6.45, 7) is 0. The Kier molecular flexibility index (Phi) is 4.28. The zero-order chi connectivity index (χ0) is 13.4. The number of hydrogen-bond donors (Lipinski definition) is 0. The molecule has 0 unspecified atom stereocenters. The Bertz CT molecular complexity index is 387. The van der Waals surface area contributed by atoms with Crippen LogP contribution in [0.3, 0.4) is 0 Å². The van der Waals surface area contributed by atoms with Gasteiger partial charge in [0.25, 0.3) is 0 Å². The number of rotatable bonds is 1. The smallest absolute Gasteiger partial charge is 0.166 e. The van der Waals surface area contributed by atoms with Crippen molar-refractivity contribution in [3.05, 3.63) is 26.8 Å². The van der Waals surface area contributed by atoms with Gasteiger partial charge in [-0.1, -0.05) is 0 Å². The molecule has 0 bridgehead atoms. The standard InChI is InChI=1S/C9H5F6IS/c1-17-4-2-5(8(10,11)12)7(16)6(3-4)9(13,14)15/h2-3H,1H3. The minimum atomic E-state index is -4.79. The lowest BCUT2D eigenvalue weighted by Crippen LogP contribution is -2.15. The van der Waals surface area contributed by atoms with Gasteiger partial charge in [0.15, 0.2) is 0 Å². The molecule has 0 N–H and O–H groups in total. The van der Waals surface area contributed by atoms with Crippen LogP contribution in [0.4, 0.5) is 26.3 Å². The summed E-state index contributed by atoms with van der Waals surface area (Å²) in [6.07, 6.45) is -8.16. The Morgan fingerprint density at radius 3 is 1.53 bits per heavy atom. The normalized spacial score (nSPS) is 12.9. The second-order valence-corrected chi connectivity index (χ2v) is 4.99. The van der Waals surface area contributed by atoms with E-state index in [0.717, 1.165) is 46.5 Å². The molecule has 0 aliphatic heterocycles. The zero-order valence-corrected chi connectivity index (χ0v) is 11.2. The summed E-state index contributed by atoms with van der Waals surface area (Å²) in [7, 11) is 0. The molecule has 0 saturated carbocycles. The maximum atomic E-state index is 12.6. The first-order valence-electron chi connectivity index (χ1n) is 4.09. The number of halogens is 7. The van der Waals surface area contributed by atoms with E-state index >= 15 is 0 Å². The molecule has 0 saturated heterocycles.